The van der Waals surface area contributed by atoms with E-state index in [-0.39, 0.29) is 0 Å². The number of allylic oxidation sites excluding steroid dienone is 5. The summed E-state index contributed by atoms with van der Waals surface area (Å²) in [5.41, 5.74) is 1.87. The van der Waals surface area contributed by atoms with Crippen LogP contribution in [-0.2, 0) is 4.79 Å². The van der Waals surface area contributed by atoms with E-state index in [0.29, 0.717) is 0 Å². The quantitative estimate of drug-likeness (QED) is 0.342. The molecule has 0 radical (unpaired) electrons. The molecular weight excluding hydrogens is 136 g/mol. The van der Waals surface area contributed by atoms with Gasteiger partial charge in [-0.25, -0.2) is 0 Å². The highest BCUT2D eigenvalue weighted by Crippen LogP contribution is 2.06. The maximum atomic E-state index is 10.5. The summed E-state index contributed by atoms with van der Waals surface area (Å²) in [6, 6.07) is 0. The molecule has 0 aliphatic heterocycles. The van der Waals surface area contributed by atoms with Crippen LogP contribution >= 0.6 is 0 Å². The third kappa shape index (κ3) is 3.56. The van der Waals surface area contributed by atoms with Gasteiger partial charge in [0.2, 0.25) is 0 Å². The van der Waals surface area contributed by atoms with Crippen molar-refractivity contribution in [2.24, 2.45) is 0 Å². The molecule has 0 heterocycles. The van der Waals surface area contributed by atoms with Crippen molar-refractivity contribution in [2.45, 2.75) is 20.3 Å². The fourth-order valence-electron chi connectivity index (χ4n) is 0.658. The number of carbonyl (C=O) groups is 1. The first kappa shape index (κ1) is 9.89. The molecule has 0 spiro atoms. The Balaban J connectivity index is 4.50. The van der Waals surface area contributed by atoms with E-state index in [1.165, 1.54) is 0 Å². The van der Waals surface area contributed by atoms with Crippen LogP contribution < -0.4 is 0 Å². The van der Waals surface area contributed by atoms with Crippen LogP contribution in [0.25, 0.3) is 0 Å². The van der Waals surface area contributed by atoms with Crippen molar-refractivity contribution in [1.82, 2.24) is 0 Å². The SMILES string of the molecule is C=C/C=C\C(C=O)=C(/C)CC. The minimum absolute atomic E-state index is 0.757. The Bertz CT molecular complexity index is 197. The standard InChI is InChI=1S/C10H14O/c1-4-6-7-10(8-11)9(3)5-2/h4,6-8H,1,5H2,2-3H3/b7-6-,10-9-. The molecule has 0 unspecified atom stereocenters. The summed E-state index contributed by atoms with van der Waals surface area (Å²) in [5.74, 6) is 0. The second-order valence-electron chi connectivity index (χ2n) is 2.30. The molecule has 0 N–H and O–H groups in total. The summed E-state index contributed by atoms with van der Waals surface area (Å²) >= 11 is 0. The highest BCUT2D eigenvalue weighted by molar-refractivity contribution is 5.78. The van der Waals surface area contributed by atoms with Crippen molar-refractivity contribution in [3.8, 4) is 0 Å². The molecule has 0 saturated heterocycles. The van der Waals surface area contributed by atoms with Gasteiger partial charge in [0, 0.05) is 5.57 Å². The molecule has 11 heavy (non-hydrogen) atoms. The molecule has 0 saturated carbocycles. The van der Waals surface area contributed by atoms with Gasteiger partial charge in [-0.2, -0.15) is 0 Å². The molecule has 0 aliphatic carbocycles. The van der Waals surface area contributed by atoms with Crippen LogP contribution in [0.5, 0.6) is 0 Å². The molecule has 0 rings (SSSR count). The van der Waals surface area contributed by atoms with Crippen LogP contribution in [0.15, 0.2) is 36.0 Å². The minimum atomic E-state index is 0.757. The molecular formula is C10H14O. The molecule has 60 valence electrons. The van der Waals surface area contributed by atoms with E-state index in [1.54, 1.807) is 18.2 Å². The fourth-order valence-corrected chi connectivity index (χ4v) is 0.658. The average Bonchev–Trinajstić information content (AvgIpc) is 2.05. The van der Waals surface area contributed by atoms with E-state index in [2.05, 4.69) is 6.58 Å². The molecule has 0 aromatic carbocycles. The Labute approximate surface area is 68.1 Å². The largest absolute Gasteiger partial charge is 0.298 e. The summed E-state index contributed by atoms with van der Waals surface area (Å²) in [5, 5.41) is 0. The first-order chi connectivity index (χ1) is 5.26. The highest BCUT2D eigenvalue weighted by Gasteiger charge is 1.92. The second kappa shape index (κ2) is 5.66. The first-order valence-electron chi connectivity index (χ1n) is 3.70. The van der Waals surface area contributed by atoms with Crippen molar-refractivity contribution >= 4 is 6.29 Å². The van der Waals surface area contributed by atoms with Gasteiger partial charge in [-0.15, -0.1) is 0 Å². The van der Waals surface area contributed by atoms with E-state index in [0.717, 1.165) is 23.9 Å². The van der Waals surface area contributed by atoms with Gasteiger partial charge in [-0.05, 0) is 13.3 Å². The number of aldehydes is 1. The summed E-state index contributed by atoms with van der Waals surface area (Å²) in [4.78, 5) is 10.5. The zero-order valence-electron chi connectivity index (χ0n) is 7.13. The predicted molar refractivity (Wildman–Crippen MR) is 48.4 cm³/mol. The van der Waals surface area contributed by atoms with Gasteiger partial charge < -0.3 is 0 Å². The average molecular weight is 150 g/mol. The van der Waals surface area contributed by atoms with Crippen molar-refractivity contribution < 1.29 is 4.79 Å². The van der Waals surface area contributed by atoms with Crippen LogP contribution in [0.3, 0.4) is 0 Å². The minimum Gasteiger partial charge on any atom is -0.298 e. The van der Waals surface area contributed by atoms with Gasteiger partial charge >= 0.3 is 0 Å². The normalized spacial score (nSPS) is 12.9. The third-order valence-electron chi connectivity index (χ3n) is 1.56. The topological polar surface area (TPSA) is 17.1 Å². The molecule has 0 fully saturated rings. The predicted octanol–water partition coefficient (Wildman–Crippen LogP) is 2.65. The van der Waals surface area contributed by atoms with Crippen LogP contribution in [0.1, 0.15) is 20.3 Å². The molecule has 1 heteroatoms. The maximum absolute atomic E-state index is 10.5. The summed E-state index contributed by atoms with van der Waals surface area (Å²) < 4.78 is 0. The molecule has 0 atom stereocenters. The lowest BCUT2D eigenvalue weighted by molar-refractivity contribution is -0.104. The van der Waals surface area contributed by atoms with E-state index in [4.69, 9.17) is 0 Å². The summed E-state index contributed by atoms with van der Waals surface area (Å²) in [6.45, 7) is 7.51. The van der Waals surface area contributed by atoms with Crippen molar-refractivity contribution in [1.29, 1.82) is 0 Å². The number of hydrogen-bond acceptors (Lipinski definition) is 1. The molecule has 0 aromatic rings. The Hall–Kier alpha value is -1.11. The van der Waals surface area contributed by atoms with Crippen LogP contribution in [0.2, 0.25) is 0 Å². The van der Waals surface area contributed by atoms with Gasteiger partial charge in [-0.3, -0.25) is 4.79 Å². The van der Waals surface area contributed by atoms with Gasteiger partial charge in [-0.1, -0.05) is 37.3 Å². The Morgan fingerprint density at radius 1 is 1.55 bits per heavy atom. The van der Waals surface area contributed by atoms with Crippen LogP contribution in [-0.4, -0.2) is 6.29 Å². The zero-order chi connectivity index (χ0) is 8.69. The fraction of sp³-hybridized carbons (Fsp3) is 0.300. The van der Waals surface area contributed by atoms with Crippen LogP contribution in [0.4, 0.5) is 0 Å². The smallest absolute Gasteiger partial charge is 0.149 e. The first-order valence-corrected chi connectivity index (χ1v) is 3.70. The molecule has 1 nitrogen and oxygen atoms in total. The lowest BCUT2D eigenvalue weighted by atomic mass is 10.1. The summed E-state index contributed by atoms with van der Waals surface area (Å²) in [6.07, 6.45) is 6.99. The van der Waals surface area contributed by atoms with E-state index in [1.807, 2.05) is 13.8 Å². The summed E-state index contributed by atoms with van der Waals surface area (Å²) in [7, 11) is 0. The lowest BCUT2D eigenvalue weighted by Gasteiger charge is -1.96. The van der Waals surface area contributed by atoms with E-state index in [9.17, 15) is 4.79 Å². The van der Waals surface area contributed by atoms with Crippen LogP contribution in [0, 0.1) is 0 Å². The van der Waals surface area contributed by atoms with Crippen molar-refractivity contribution in [3.63, 3.8) is 0 Å². The lowest BCUT2D eigenvalue weighted by Crippen LogP contribution is -1.84. The Morgan fingerprint density at radius 2 is 2.18 bits per heavy atom. The maximum Gasteiger partial charge on any atom is 0.149 e. The molecule has 0 aromatic heterocycles. The second-order valence-corrected chi connectivity index (χ2v) is 2.30. The van der Waals surface area contributed by atoms with Gasteiger partial charge in [0.1, 0.15) is 6.29 Å². The molecule has 0 amide bonds. The number of carbonyl (C=O) groups excluding carboxylic acids is 1. The third-order valence-corrected chi connectivity index (χ3v) is 1.56. The van der Waals surface area contributed by atoms with Gasteiger partial charge in [0.25, 0.3) is 0 Å². The molecule has 0 aliphatic rings. The zero-order valence-corrected chi connectivity index (χ0v) is 7.13. The van der Waals surface area contributed by atoms with Crippen molar-refractivity contribution in [3.05, 3.63) is 36.0 Å². The Morgan fingerprint density at radius 3 is 2.55 bits per heavy atom. The van der Waals surface area contributed by atoms with E-state index < -0.39 is 0 Å². The molecule has 0 bridgehead atoms. The monoisotopic (exact) mass is 150 g/mol. The van der Waals surface area contributed by atoms with Gasteiger partial charge in [0.05, 0.1) is 0 Å². The number of rotatable bonds is 4. The van der Waals surface area contributed by atoms with E-state index >= 15 is 0 Å². The van der Waals surface area contributed by atoms with Crippen molar-refractivity contribution in [2.75, 3.05) is 0 Å². The highest BCUT2D eigenvalue weighted by atomic mass is 16.1. The van der Waals surface area contributed by atoms with Gasteiger partial charge in [0.15, 0.2) is 0 Å². The Kier molecular flexibility index (Phi) is 5.09. The number of hydrogen-bond donors (Lipinski definition) is 0.